The van der Waals surface area contributed by atoms with E-state index in [-0.39, 0.29) is 18.2 Å². The van der Waals surface area contributed by atoms with Gasteiger partial charge in [-0.2, -0.15) is 5.10 Å². The molecule has 1 heterocycles. The maximum atomic E-state index is 12.2. The molecule has 1 saturated heterocycles. The summed E-state index contributed by atoms with van der Waals surface area (Å²) < 4.78 is 5.07. The van der Waals surface area contributed by atoms with Gasteiger partial charge in [0.25, 0.3) is 0 Å². The van der Waals surface area contributed by atoms with Crippen LogP contribution in [0.3, 0.4) is 0 Å². The van der Waals surface area contributed by atoms with Crippen LogP contribution in [0.2, 0.25) is 0 Å². The second-order valence-electron chi connectivity index (χ2n) is 5.64. The maximum Gasteiger partial charge on any atom is 0.240 e. The summed E-state index contributed by atoms with van der Waals surface area (Å²) >= 11 is 1.19. The number of hydrogen-bond donors (Lipinski definition) is 2. The molecule has 1 unspecified atom stereocenters. The van der Waals surface area contributed by atoms with Crippen molar-refractivity contribution in [1.82, 2.24) is 5.32 Å². The molecule has 2 N–H and O–H groups in total. The van der Waals surface area contributed by atoms with Gasteiger partial charge in [0.15, 0.2) is 5.17 Å². The summed E-state index contributed by atoms with van der Waals surface area (Å²) in [4.78, 5) is 24.2. The van der Waals surface area contributed by atoms with Crippen molar-refractivity contribution in [1.29, 1.82) is 0 Å². The SMILES string of the molecule is COc1ccc(NC(=O)CC2S/C(=N/N=C\c3ccccc3)NC2=O)cc1. The minimum absolute atomic E-state index is 0.0456. The second-order valence-corrected chi connectivity index (χ2v) is 6.83. The molecule has 2 amide bonds. The summed E-state index contributed by atoms with van der Waals surface area (Å²) in [6.45, 7) is 0. The van der Waals surface area contributed by atoms with E-state index in [1.807, 2.05) is 30.3 Å². The molecule has 27 heavy (non-hydrogen) atoms. The molecule has 2 aromatic carbocycles. The van der Waals surface area contributed by atoms with Crippen molar-refractivity contribution in [3.8, 4) is 5.75 Å². The van der Waals surface area contributed by atoms with Crippen LogP contribution in [-0.2, 0) is 9.59 Å². The number of nitrogens with zero attached hydrogens (tertiary/aromatic N) is 2. The molecule has 7 nitrogen and oxygen atoms in total. The highest BCUT2D eigenvalue weighted by Gasteiger charge is 2.32. The van der Waals surface area contributed by atoms with E-state index in [4.69, 9.17) is 4.74 Å². The van der Waals surface area contributed by atoms with E-state index >= 15 is 0 Å². The minimum Gasteiger partial charge on any atom is -0.497 e. The summed E-state index contributed by atoms with van der Waals surface area (Å²) in [5.41, 5.74) is 1.55. The van der Waals surface area contributed by atoms with E-state index in [9.17, 15) is 9.59 Å². The van der Waals surface area contributed by atoms with Crippen LogP contribution in [0.15, 0.2) is 64.8 Å². The standard InChI is InChI=1S/C19H18N4O3S/c1-26-15-9-7-14(8-10-15)21-17(24)11-16-18(25)22-19(27-16)23-20-12-13-5-3-2-4-6-13/h2-10,12,16H,11H2,1H3,(H,21,24)(H,22,23,25)/b20-12-. The maximum absolute atomic E-state index is 12.2. The van der Waals surface area contributed by atoms with Crippen molar-refractivity contribution in [3.05, 3.63) is 60.2 Å². The third kappa shape index (κ3) is 5.42. The van der Waals surface area contributed by atoms with Crippen LogP contribution < -0.4 is 15.4 Å². The lowest BCUT2D eigenvalue weighted by atomic mass is 10.2. The molecule has 3 rings (SSSR count). The summed E-state index contributed by atoms with van der Waals surface area (Å²) in [6.07, 6.45) is 1.65. The summed E-state index contributed by atoms with van der Waals surface area (Å²) in [7, 11) is 1.58. The number of methoxy groups -OCH3 is 1. The molecule has 0 bridgehead atoms. The number of carbonyl (C=O) groups excluding carboxylic acids is 2. The summed E-state index contributed by atoms with van der Waals surface area (Å²) in [5, 5.41) is 13.2. The van der Waals surface area contributed by atoms with Crippen molar-refractivity contribution in [2.75, 3.05) is 12.4 Å². The molecular formula is C19H18N4O3S. The van der Waals surface area contributed by atoms with Crippen LogP contribution in [0.4, 0.5) is 5.69 Å². The number of amidine groups is 1. The van der Waals surface area contributed by atoms with E-state index in [0.29, 0.717) is 16.6 Å². The highest BCUT2D eigenvalue weighted by atomic mass is 32.2. The highest BCUT2D eigenvalue weighted by molar-refractivity contribution is 8.15. The molecule has 0 saturated carbocycles. The van der Waals surface area contributed by atoms with Gasteiger partial charge < -0.3 is 15.4 Å². The Kier molecular flexibility index (Phi) is 6.22. The van der Waals surface area contributed by atoms with Gasteiger partial charge >= 0.3 is 0 Å². The zero-order valence-corrected chi connectivity index (χ0v) is 15.4. The lowest BCUT2D eigenvalue weighted by molar-refractivity contribution is -0.122. The molecule has 0 radical (unpaired) electrons. The van der Waals surface area contributed by atoms with Crippen LogP contribution in [0.5, 0.6) is 5.75 Å². The quantitative estimate of drug-likeness (QED) is 0.593. The molecule has 1 atom stereocenters. The second kappa shape index (κ2) is 9.00. The normalized spacial score (nSPS) is 17.9. The first-order chi connectivity index (χ1) is 13.1. The van der Waals surface area contributed by atoms with Crippen LogP contribution in [0.25, 0.3) is 0 Å². The Bertz CT molecular complexity index is 866. The van der Waals surface area contributed by atoms with E-state index in [0.717, 1.165) is 5.56 Å². The van der Waals surface area contributed by atoms with Crippen molar-refractivity contribution in [3.63, 3.8) is 0 Å². The van der Waals surface area contributed by atoms with Gasteiger partial charge in [-0.3, -0.25) is 9.59 Å². The van der Waals surface area contributed by atoms with Crippen molar-refractivity contribution >= 4 is 40.6 Å². The summed E-state index contributed by atoms with van der Waals surface area (Å²) in [6, 6.07) is 16.5. The average Bonchev–Trinajstić information content (AvgIpc) is 3.02. The van der Waals surface area contributed by atoms with Gasteiger partial charge in [-0.25, -0.2) is 0 Å². The predicted molar refractivity (Wildman–Crippen MR) is 107 cm³/mol. The Hall–Kier alpha value is -3.13. The number of nitrogens with one attached hydrogen (secondary N) is 2. The predicted octanol–water partition coefficient (Wildman–Crippen LogP) is 2.65. The van der Waals surface area contributed by atoms with Crippen LogP contribution in [0, 0.1) is 0 Å². The Morgan fingerprint density at radius 2 is 1.96 bits per heavy atom. The first-order valence-electron chi connectivity index (χ1n) is 8.21. The van der Waals surface area contributed by atoms with Gasteiger partial charge in [0.2, 0.25) is 11.8 Å². The minimum atomic E-state index is -0.533. The number of rotatable bonds is 6. The van der Waals surface area contributed by atoms with Gasteiger partial charge in [0, 0.05) is 12.1 Å². The van der Waals surface area contributed by atoms with E-state index in [1.165, 1.54) is 11.8 Å². The molecule has 0 aliphatic carbocycles. The van der Waals surface area contributed by atoms with E-state index in [2.05, 4.69) is 20.8 Å². The van der Waals surface area contributed by atoms with Gasteiger partial charge in [-0.15, -0.1) is 5.10 Å². The molecule has 138 valence electrons. The first kappa shape index (κ1) is 18.7. The zero-order chi connectivity index (χ0) is 19.1. The fourth-order valence-electron chi connectivity index (χ4n) is 2.33. The van der Waals surface area contributed by atoms with E-state index < -0.39 is 5.25 Å². The fourth-order valence-corrected chi connectivity index (χ4v) is 3.25. The molecule has 2 aromatic rings. The number of ether oxygens (including phenoxy) is 1. The molecule has 1 aliphatic heterocycles. The topological polar surface area (TPSA) is 92.2 Å². The Morgan fingerprint density at radius 3 is 2.67 bits per heavy atom. The number of hydrogen-bond acceptors (Lipinski definition) is 6. The molecule has 1 aliphatic rings. The largest absolute Gasteiger partial charge is 0.497 e. The molecular weight excluding hydrogens is 364 g/mol. The van der Waals surface area contributed by atoms with Crippen molar-refractivity contribution in [2.24, 2.45) is 10.2 Å². The first-order valence-corrected chi connectivity index (χ1v) is 9.09. The lowest BCUT2D eigenvalue weighted by Gasteiger charge is -2.08. The monoisotopic (exact) mass is 382 g/mol. The van der Waals surface area contributed by atoms with Crippen LogP contribution in [0.1, 0.15) is 12.0 Å². The number of thioether (sulfide) groups is 1. The lowest BCUT2D eigenvalue weighted by Crippen LogP contribution is -2.28. The smallest absolute Gasteiger partial charge is 0.240 e. The van der Waals surface area contributed by atoms with Gasteiger partial charge in [0.1, 0.15) is 11.0 Å². The van der Waals surface area contributed by atoms with Crippen LogP contribution in [-0.4, -0.2) is 35.6 Å². The average molecular weight is 382 g/mol. The third-order valence-corrected chi connectivity index (χ3v) is 4.75. The fraction of sp³-hybridized carbons (Fsp3) is 0.158. The van der Waals surface area contributed by atoms with E-state index in [1.54, 1.807) is 37.6 Å². The Labute approximate surface area is 160 Å². The molecule has 0 spiro atoms. The molecule has 8 heteroatoms. The molecule has 0 aromatic heterocycles. The highest BCUT2D eigenvalue weighted by Crippen LogP contribution is 2.23. The van der Waals surface area contributed by atoms with Crippen molar-refractivity contribution < 1.29 is 14.3 Å². The Morgan fingerprint density at radius 1 is 1.22 bits per heavy atom. The number of carbonyl (C=O) groups is 2. The number of anilines is 1. The Balaban J connectivity index is 1.53. The zero-order valence-electron chi connectivity index (χ0n) is 14.6. The molecule has 1 fully saturated rings. The van der Waals surface area contributed by atoms with Crippen molar-refractivity contribution in [2.45, 2.75) is 11.7 Å². The van der Waals surface area contributed by atoms with Gasteiger partial charge in [-0.05, 0) is 29.8 Å². The third-order valence-electron chi connectivity index (χ3n) is 3.68. The van der Waals surface area contributed by atoms with Gasteiger partial charge in [-0.1, -0.05) is 42.1 Å². The number of amides is 2. The van der Waals surface area contributed by atoms with Crippen LogP contribution >= 0.6 is 11.8 Å². The van der Waals surface area contributed by atoms with Gasteiger partial charge in [0.05, 0.1) is 13.3 Å². The number of benzene rings is 2. The summed E-state index contributed by atoms with van der Waals surface area (Å²) in [5.74, 6) is 0.205.